The van der Waals surface area contributed by atoms with Crippen LogP contribution in [0, 0.1) is 6.92 Å². The van der Waals surface area contributed by atoms with E-state index in [1.165, 1.54) is 5.56 Å². The second-order valence-electron chi connectivity index (χ2n) is 4.08. The molecule has 0 saturated heterocycles. The Labute approximate surface area is 92.5 Å². The highest BCUT2D eigenvalue weighted by atomic mass is 14.7. The Balaban J connectivity index is 3.08. The number of aryl methyl sites for hydroxylation is 1. The van der Waals surface area contributed by atoms with E-state index in [1.54, 1.807) is 0 Å². The molecule has 0 saturated carbocycles. The summed E-state index contributed by atoms with van der Waals surface area (Å²) in [4.78, 5) is 9.00. The zero-order valence-electron chi connectivity index (χ0n) is 10.3. The summed E-state index contributed by atoms with van der Waals surface area (Å²) >= 11 is 0. The van der Waals surface area contributed by atoms with Crippen molar-refractivity contribution in [1.29, 1.82) is 0 Å². The average molecular weight is 204 g/mol. The van der Waals surface area contributed by atoms with Crippen molar-refractivity contribution in [3.8, 4) is 0 Å². The van der Waals surface area contributed by atoms with E-state index in [-0.39, 0.29) is 0 Å². The molecule has 0 bridgehead atoms. The normalized spacial score (nSPS) is 12.3. The summed E-state index contributed by atoms with van der Waals surface area (Å²) in [6, 6.07) is 4.23. The standard InChI is InChI=1S/C13H20N2/c1-6-14-10(4)12-7-8-13(9(2)3)15-11(12)5/h7-9H,6H2,1-5H3/b14-10-. The average Bonchev–Trinajstić information content (AvgIpc) is 2.17. The van der Waals surface area contributed by atoms with E-state index in [0.29, 0.717) is 5.92 Å². The van der Waals surface area contributed by atoms with Crippen LogP contribution in [-0.4, -0.2) is 17.2 Å². The fraction of sp³-hybridized carbons (Fsp3) is 0.538. The molecule has 0 aromatic carbocycles. The molecule has 0 atom stereocenters. The van der Waals surface area contributed by atoms with Gasteiger partial charge in [-0.25, -0.2) is 0 Å². The van der Waals surface area contributed by atoms with Gasteiger partial charge in [0.15, 0.2) is 0 Å². The number of rotatable bonds is 3. The van der Waals surface area contributed by atoms with E-state index in [2.05, 4.69) is 49.8 Å². The Morgan fingerprint density at radius 1 is 1.40 bits per heavy atom. The van der Waals surface area contributed by atoms with Crippen LogP contribution in [0.15, 0.2) is 17.1 Å². The van der Waals surface area contributed by atoms with Crippen molar-refractivity contribution < 1.29 is 0 Å². The predicted molar refractivity (Wildman–Crippen MR) is 65.8 cm³/mol. The zero-order valence-corrected chi connectivity index (χ0v) is 10.3. The highest BCUT2D eigenvalue weighted by Crippen LogP contribution is 2.15. The van der Waals surface area contributed by atoms with Crippen LogP contribution in [0.25, 0.3) is 0 Å². The monoisotopic (exact) mass is 204 g/mol. The number of pyridine rings is 1. The molecule has 0 aliphatic rings. The van der Waals surface area contributed by atoms with Gasteiger partial charge in [0.25, 0.3) is 0 Å². The molecule has 82 valence electrons. The SMILES string of the molecule is CC/N=C(/C)c1ccc(C(C)C)nc1C. The van der Waals surface area contributed by atoms with E-state index >= 15 is 0 Å². The molecular formula is C13H20N2. The van der Waals surface area contributed by atoms with Gasteiger partial charge in [-0.2, -0.15) is 0 Å². The van der Waals surface area contributed by atoms with Crippen LogP contribution >= 0.6 is 0 Å². The van der Waals surface area contributed by atoms with Gasteiger partial charge in [-0.3, -0.25) is 9.98 Å². The smallest absolute Gasteiger partial charge is 0.0466 e. The zero-order chi connectivity index (χ0) is 11.4. The molecule has 15 heavy (non-hydrogen) atoms. The van der Waals surface area contributed by atoms with Gasteiger partial charge < -0.3 is 0 Å². The molecule has 1 aromatic rings. The van der Waals surface area contributed by atoms with Crippen molar-refractivity contribution in [2.24, 2.45) is 4.99 Å². The van der Waals surface area contributed by atoms with E-state index < -0.39 is 0 Å². The van der Waals surface area contributed by atoms with E-state index in [1.807, 2.05) is 6.92 Å². The molecule has 0 N–H and O–H groups in total. The lowest BCUT2D eigenvalue weighted by atomic mass is 10.1. The third kappa shape index (κ3) is 2.88. The number of hydrogen-bond acceptors (Lipinski definition) is 2. The lowest BCUT2D eigenvalue weighted by Gasteiger charge is -2.09. The topological polar surface area (TPSA) is 25.2 Å². The summed E-state index contributed by atoms with van der Waals surface area (Å²) < 4.78 is 0. The quantitative estimate of drug-likeness (QED) is 0.693. The summed E-state index contributed by atoms with van der Waals surface area (Å²) in [7, 11) is 0. The van der Waals surface area contributed by atoms with E-state index in [4.69, 9.17) is 0 Å². The summed E-state index contributed by atoms with van der Waals surface area (Å²) in [5.74, 6) is 0.487. The van der Waals surface area contributed by atoms with Crippen molar-refractivity contribution in [2.75, 3.05) is 6.54 Å². The van der Waals surface area contributed by atoms with Crippen LogP contribution in [0.2, 0.25) is 0 Å². The number of aliphatic imine (C=N–C) groups is 1. The van der Waals surface area contributed by atoms with Gasteiger partial charge in [-0.1, -0.05) is 13.8 Å². The minimum atomic E-state index is 0.487. The highest BCUT2D eigenvalue weighted by Gasteiger charge is 2.06. The number of nitrogens with zero attached hydrogens (tertiary/aromatic N) is 2. The molecule has 0 spiro atoms. The van der Waals surface area contributed by atoms with Gasteiger partial charge in [0.1, 0.15) is 0 Å². The van der Waals surface area contributed by atoms with Crippen molar-refractivity contribution in [3.63, 3.8) is 0 Å². The molecule has 1 aromatic heterocycles. The van der Waals surface area contributed by atoms with Crippen LogP contribution < -0.4 is 0 Å². The minimum Gasteiger partial charge on any atom is -0.290 e. The fourth-order valence-electron chi connectivity index (χ4n) is 1.61. The van der Waals surface area contributed by atoms with Gasteiger partial charge in [-0.05, 0) is 38.8 Å². The van der Waals surface area contributed by atoms with E-state index in [0.717, 1.165) is 23.6 Å². The Kier molecular flexibility index (Phi) is 4.01. The molecule has 0 unspecified atom stereocenters. The van der Waals surface area contributed by atoms with Crippen LogP contribution in [0.5, 0.6) is 0 Å². The fourth-order valence-corrected chi connectivity index (χ4v) is 1.61. The van der Waals surface area contributed by atoms with Crippen molar-refractivity contribution >= 4 is 5.71 Å². The Morgan fingerprint density at radius 2 is 2.07 bits per heavy atom. The second-order valence-corrected chi connectivity index (χ2v) is 4.08. The van der Waals surface area contributed by atoms with Gasteiger partial charge in [0.05, 0.1) is 0 Å². The Morgan fingerprint density at radius 3 is 2.53 bits per heavy atom. The van der Waals surface area contributed by atoms with Crippen LogP contribution in [0.4, 0.5) is 0 Å². The Hall–Kier alpha value is -1.18. The molecule has 2 heteroatoms. The Bertz CT molecular complexity index is 365. The molecule has 0 fully saturated rings. The van der Waals surface area contributed by atoms with Gasteiger partial charge in [-0.15, -0.1) is 0 Å². The molecule has 0 radical (unpaired) electrons. The maximum atomic E-state index is 4.60. The van der Waals surface area contributed by atoms with Crippen LogP contribution in [0.1, 0.15) is 50.6 Å². The minimum absolute atomic E-state index is 0.487. The lowest BCUT2D eigenvalue weighted by molar-refractivity contribution is 0.814. The summed E-state index contributed by atoms with van der Waals surface area (Å²) in [5, 5.41) is 0. The maximum absolute atomic E-state index is 4.60. The molecule has 0 aliphatic heterocycles. The van der Waals surface area contributed by atoms with Crippen molar-refractivity contribution in [2.45, 2.75) is 40.5 Å². The third-order valence-electron chi connectivity index (χ3n) is 2.48. The first-order chi connectivity index (χ1) is 7.06. The first kappa shape index (κ1) is 11.9. The number of aromatic nitrogens is 1. The third-order valence-corrected chi connectivity index (χ3v) is 2.48. The molecular weight excluding hydrogens is 184 g/mol. The predicted octanol–water partition coefficient (Wildman–Crippen LogP) is 3.34. The molecule has 0 aliphatic carbocycles. The molecule has 0 amide bonds. The summed E-state index contributed by atoms with van der Waals surface area (Å²) in [6.45, 7) is 11.3. The number of hydrogen-bond donors (Lipinski definition) is 0. The molecule has 1 rings (SSSR count). The first-order valence-corrected chi connectivity index (χ1v) is 5.55. The van der Waals surface area contributed by atoms with Crippen LogP contribution in [0.3, 0.4) is 0 Å². The summed E-state index contributed by atoms with van der Waals surface area (Å²) in [5.41, 5.74) is 4.48. The second kappa shape index (κ2) is 5.06. The van der Waals surface area contributed by atoms with Crippen LogP contribution in [-0.2, 0) is 0 Å². The van der Waals surface area contributed by atoms with E-state index in [9.17, 15) is 0 Å². The van der Waals surface area contributed by atoms with Crippen molar-refractivity contribution in [1.82, 2.24) is 4.98 Å². The summed E-state index contributed by atoms with van der Waals surface area (Å²) in [6.07, 6.45) is 0. The molecule has 1 heterocycles. The molecule has 2 nitrogen and oxygen atoms in total. The maximum Gasteiger partial charge on any atom is 0.0466 e. The van der Waals surface area contributed by atoms with Gasteiger partial charge >= 0.3 is 0 Å². The lowest BCUT2D eigenvalue weighted by Crippen LogP contribution is -2.04. The van der Waals surface area contributed by atoms with Gasteiger partial charge in [0.2, 0.25) is 0 Å². The van der Waals surface area contributed by atoms with Crippen molar-refractivity contribution in [3.05, 3.63) is 29.1 Å². The largest absolute Gasteiger partial charge is 0.290 e. The highest BCUT2D eigenvalue weighted by molar-refractivity contribution is 5.99. The first-order valence-electron chi connectivity index (χ1n) is 5.55. The van der Waals surface area contributed by atoms with Gasteiger partial charge in [0, 0.05) is 29.2 Å².